The van der Waals surface area contributed by atoms with Crippen LogP contribution in [0.1, 0.15) is 11.8 Å². The number of aryl methyl sites for hydroxylation is 1. The molecule has 1 heterocycles. The van der Waals surface area contributed by atoms with Gasteiger partial charge in [0.15, 0.2) is 5.13 Å². The van der Waals surface area contributed by atoms with E-state index >= 15 is 0 Å². The number of nitrogens with zero attached hydrogens (tertiary/aromatic N) is 1. The summed E-state index contributed by atoms with van der Waals surface area (Å²) in [5, 5.41) is 3.35. The zero-order chi connectivity index (χ0) is 12.4. The number of aromatic nitrogens is 1. The van der Waals surface area contributed by atoms with Gasteiger partial charge >= 0.3 is 0 Å². The molecule has 2 rings (SSSR count). The fourth-order valence-electron chi connectivity index (χ4n) is 1.48. The van der Waals surface area contributed by atoms with Crippen LogP contribution in [0.15, 0.2) is 28.7 Å². The molecule has 0 atom stereocenters. The molecule has 1 aromatic carbocycles. The van der Waals surface area contributed by atoms with Gasteiger partial charge in [0.05, 0.1) is 5.69 Å². The van der Waals surface area contributed by atoms with Crippen molar-refractivity contribution in [1.29, 1.82) is 0 Å². The first-order chi connectivity index (χ1) is 8.06. The van der Waals surface area contributed by atoms with Crippen LogP contribution >= 0.6 is 27.3 Å². The number of thiazole rings is 1. The maximum Gasteiger partial charge on any atom is 0.223 e. The average molecular weight is 311 g/mol. The summed E-state index contributed by atoms with van der Waals surface area (Å²) in [5.74, 6) is -0.0962. The Kier molecular flexibility index (Phi) is 3.59. The van der Waals surface area contributed by atoms with E-state index in [-0.39, 0.29) is 5.91 Å². The molecule has 88 valence electrons. The molecule has 0 saturated carbocycles. The largest absolute Gasteiger partial charge is 0.302 e. The molecule has 0 unspecified atom stereocenters. The molecule has 0 bridgehead atoms. The Morgan fingerprint density at radius 1 is 1.35 bits per heavy atom. The maximum absolute atomic E-state index is 11.0. The number of amides is 1. The molecule has 2 aromatic rings. The number of halogens is 1. The lowest BCUT2D eigenvalue weighted by molar-refractivity contribution is -0.114. The van der Waals surface area contributed by atoms with E-state index in [1.54, 1.807) is 0 Å². The highest BCUT2D eigenvalue weighted by atomic mass is 79.9. The number of nitrogens with one attached hydrogen (secondary N) is 1. The minimum Gasteiger partial charge on any atom is -0.302 e. The van der Waals surface area contributed by atoms with Gasteiger partial charge < -0.3 is 5.32 Å². The predicted octanol–water partition coefficient (Wildman–Crippen LogP) is 3.84. The molecule has 0 fully saturated rings. The van der Waals surface area contributed by atoms with E-state index in [1.807, 2.05) is 31.2 Å². The molecule has 3 nitrogen and oxygen atoms in total. The van der Waals surface area contributed by atoms with E-state index in [0.717, 1.165) is 20.6 Å². The number of hydrogen-bond donors (Lipinski definition) is 1. The fourth-order valence-corrected chi connectivity index (χ4v) is 2.62. The summed E-state index contributed by atoms with van der Waals surface area (Å²) in [4.78, 5) is 16.5. The fraction of sp³-hybridized carbons (Fsp3) is 0.167. The first-order valence-electron chi connectivity index (χ1n) is 5.07. The SMILES string of the molecule is CC(=O)Nc1nc(-c2ccc(Br)cc2)c(C)s1. The standard InChI is InChI=1S/C12H11BrN2OS/c1-7-11(9-3-5-10(13)6-4-9)15-12(17-7)14-8(2)16/h3-6H,1-2H3,(H,14,15,16). The maximum atomic E-state index is 11.0. The quantitative estimate of drug-likeness (QED) is 0.915. The van der Waals surface area contributed by atoms with E-state index in [1.165, 1.54) is 18.3 Å². The summed E-state index contributed by atoms with van der Waals surface area (Å²) in [5.41, 5.74) is 1.98. The van der Waals surface area contributed by atoms with Crippen LogP contribution in [-0.2, 0) is 4.79 Å². The van der Waals surface area contributed by atoms with Crippen molar-refractivity contribution in [2.24, 2.45) is 0 Å². The molecule has 0 aliphatic rings. The third-order valence-corrected chi connectivity index (χ3v) is 3.61. The molecule has 0 radical (unpaired) electrons. The Morgan fingerprint density at radius 3 is 2.59 bits per heavy atom. The molecule has 17 heavy (non-hydrogen) atoms. The lowest BCUT2D eigenvalue weighted by atomic mass is 10.1. The lowest BCUT2D eigenvalue weighted by Gasteiger charge is -1.98. The highest BCUT2D eigenvalue weighted by Gasteiger charge is 2.10. The van der Waals surface area contributed by atoms with Gasteiger partial charge in [-0.25, -0.2) is 4.98 Å². The van der Waals surface area contributed by atoms with Crippen LogP contribution in [-0.4, -0.2) is 10.9 Å². The van der Waals surface area contributed by atoms with Crippen molar-refractivity contribution in [3.63, 3.8) is 0 Å². The summed E-state index contributed by atoms with van der Waals surface area (Å²) in [7, 11) is 0. The Bertz CT molecular complexity index is 548. The second kappa shape index (κ2) is 4.98. The first-order valence-corrected chi connectivity index (χ1v) is 6.68. The van der Waals surface area contributed by atoms with Crippen molar-refractivity contribution in [3.8, 4) is 11.3 Å². The number of carbonyl (C=O) groups is 1. The number of rotatable bonds is 2. The van der Waals surface area contributed by atoms with Gasteiger partial charge in [0, 0.05) is 21.8 Å². The summed E-state index contributed by atoms with van der Waals surface area (Å²) in [6.07, 6.45) is 0. The van der Waals surface area contributed by atoms with Crippen molar-refractivity contribution < 1.29 is 4.79 Å². The predicted molar refractivity (Wildman–Crippen MR) is 74.3 cm³/mol. The van der Waals surface area contributed by atoms with Gasteiger partial charge in [0.2, 0.25) is 5.91 Å². The third-order valence-electron chi connectivity index (χ3n) is 2.20. The smallest absolute Gasteiger partial charge is 0.223 e. The Balaban J connectivity index is 2.35. The second-order valence-corrected chi connectivity index (χ2v) is 5.73. The van der Waals surface area contributed by atoms with Gasteiger partial charge in [0.25, 0.3) is 0 Å². The van der Waals surface area contributed by atoms with Crippen LogP contribution in [0.3, 0.4) is 0 Å². The summed E-state index contributed by atoms with van der Waals surface area (Å²) in [6, 6.07) is 7.96. The zero-order valence-electron chi connectivity index (χ0n) is 9.45. The normalized spacial score (nSPS) is 10.3. The topological polar surface area (TPSA) is 42.0 Å². The van der Waals surface area contributed by atoms with E-state index < -0.39 is 0 Å². The summed E-state index contributed by atoms with van der Waals surface area (Å²) in [6.45, 7) is 3.48. The average Bonchev–Trinajstić information content (AvgIpc) is 2.59. The molecule has 0 saturated heterocycles. The lowest BCUT2D eigenvalue weighted by Crippen LogP contribution is -2.04. The first kappa shape index (κ1) is 12.3. The van der Waals surface area contributed by atoms with Gasteiger partial charge in [-0.2, -0.15) is 0 Å². The molecular weight excluding hydrogens is 300 g/mol. The van der Waals surface area contributed by atoms with Crippen molar-refractivity contribution in [1.82, 2.24) is 4.98 Å². The molecular formula is C12H11BrN2OS. The highest BCUT2D eigenvalue weighted by molar-refractivity contribution is 9.10. The van der Waals surface area contributed by atoms with Gasteiger partial charge in [-0.1, -0.05) is 28.1 Å². The molecule has 5 heteroatoms. The zero-order valence-corrected chi connectivity index (χ0v) is 11.9. The Morgan fingerprint density at radius 2 is 2.00 bits per heavy atom. The molecule has 0 aliphatic carbocycles. The van der Waals surface area contributed by atoms with Crippen LogP contribution in [0.4, 0.5) is 5.13 Å². The number of carbonyl (C=O) groups excluding carboxylic acids is 1. The van der Waals surface area contributed by atoms with Crippen LogP contribution < -0.4 is 5.32 Å². The monoisotopic (exact) mass is 310 g/mol. The minimum atomic E-state index is -0.0962. The van der Waals surface area contributed by atoms with E-state index in [4.69, 9.17) is 0 Å². The summed E-state index contributed by atoms with van der Waals surface area (Å²) < 4.78 is 1.04. The van der Waals surface area contributed by atoms with Gasteiger partial charge in [-0.05, 0) is 19.1 Å². The van der Waals surface area contributed by atoms with Crippen molar-refractivity contribution in [2.45, 2.75) is 13.8 Å². The van der Waals surface area contributed by atoms with Crippen LogP contribution in [0.25, 0.3) is 11.3 Å². The number of benzene rings is 1. The molecule has 1 aromatic heterocycles. The minimum absolute atomic E-state index is 0.0962. The molecule has 1 N–H and O–H groups in total. The molecule has 0 spiro atoms. The van der Waals surface area contributed by atoms with Crippen molar-refractivity contribution >= 4 is 38.3 Å². The summed E-state index contributed by atoms with van der Waals surface area (Å²) >= 11 is 4.89. The molecule has 1 amide bonds. The number of anilines is 1. The van der Waals surface area contributed by atoms with Crippen LogP contribution in [0, 0.1) is 6.92 Å². The number of hydrogen-bond acceptors (Lipinski definition) is 3. The third kappa shape index (κ3) is 2.92. The highest BCUT2D eigenvalue weighted by Crippen LogP contribution is 2.30. The van der Waals surface area contributed by atoms with E-state index in [2.05, 4.69) is 26.2 Å². The van der Waals surface area contributed by atoms with Crippen molar-refractivity contribution in [2.75, 3.05) is 5.32 Å². The van der Waals surface area contributed by atoms with Crippen LogP contribution in [0.2, 0.25) is 0 Å². The van der Waals surface area contributed by atoms with Gasteiger partial charge in [-0.15, -0.1) is 11.3 Å². The molecule has 0 aliphatic heterocycles. The van der Waals surface area contributed by atoms with Crippen molar-refractivity contribution in [3.05, 3.63) is 33.6 Å². The van der Waals surface area contributed by atoms with Gasteiger partial charge in [-0.3, -0.25) is 4.79 Å². The van der Waals surface area contributed by atoms with E-state index in [9.17, 15) is 4.79 Å². The van der Waals surface area contributed by atoms with E-state index in [0.29, 0.717) is 5.13 Å². The Hall–Kier alpha value is -1.20. The van der Waals surface area contributed by atoms with Crippen LogP contribution in [0.5, 0.6) is 0 Å². The second-order valence-electron chi connectivity index (χ2n) is 3.61. The van der Waals surface area contributed by atoms with Gasteiger partial charge in [0.1, 0.15) is 0 Å². The Labute approximate surface area is 112 Å².